The van der Waals surface area contributed by atoms with Crippen LogP contribution in [0, 0.1) is 6.92 Å². The molecule has 0 bridgehead atoms. The average molecular weight is 483 g/mol. The maximum atomic E-state index is 13.0. The molecule has 0 saturated heterocycles. The molecule has 0 spiro atoms. The first-order valence-corrected chi connectivity index (χ1v) is 13.2. The molecule has 5 heteroatoms. The van der Waals surface area contributed by atoms with Gasteiger partial charge in [0.15, 0.2) is 0 Å². The van der Waals surface area contributed by atoms with E-state index in [2.05, 4.69) is 0 Å². The van der Waals surface area contributed by atoms with Gasteiger partial charge in [-0.25, -0.2) is 0 Å². The van der Waals surface area contributed by atoms with Gasteiger partial charge in [0.25, 0.3) is 10.1 Å². The number of hydrogen-bond donors (Lipinski definition) is 1. The fourth-order valence-corrected chi connectivity index (χ4v) is 6.30. The third kappa shape index (κ3) is 4.21. The van der Waals surface area contributed by atoms with Gasteiger partial charge in [0.2, 0.25) is 0 Å². The summed E-state index contributed by atoms with van der Waals surface area (Å²) in [6.45, 7) is 1.98. The lowest BCUT2D eigenvalue weighted by Gasteiger charge is -2.20. The van der Waals surface area contributed by atoms with Crippen molar-refractivity contribution in [1.82, 2.24) is 0 Å². The fourth-order valence-electron chi connectivity index (χ4n) is 4.37. The highest BCUT2D eigenvalue weighted by atomic mass is 32.2. The van der Waals surface area contributed by atoms with Gasteiger partial charge in [-0.1, -0.05) is 91.0 Å². The topological polar surface area (TPSA) is 54.4 Å². The van der Waals surface area contributed by atoms with Crippen molar-refractivity contribution in [2.45, 2.75) is 11.8 Å². The second-order valence-electron chi connectivity index (χ2n) is 8.09. The molecule has 0 radical (unpaired) electrons. The molecule has 0 aliphatic rings. The zero-order chi connectivity index (χ0) is 23.7. The fraction of sp³-hybridized carbons (Fsp3) is 0.0345. The Bertz CT molecular complexity index is 1550. The molecular weight excluding hydrogens is 460 g/mol. The minimum atomic E-state index is -4.56. The Labute approximate surface area is 203 Å². The van der Waals surface area contributed by atoms with E-state index in [4.69, 9.17) is 0 Å². The van der Waals surface area contributed by atoms with E-state index in [9.17, 15) is 13.0 Å². The van der Waals surface area contributed by atoms with Crippen molar-refractivity contribution < 1.29 is 13.0 Å². The summed E-state index contributed by atoms with van der Waals surface area (Å²) >= 11 is 1.47. The molecule has 0 atom stereocenters. The summed E-state index contributed by atoms with van der Waals surface area (Å²) in [5.74, 6) is 0. The SMILES string of the molecule is Cc1cc(-c2cc(-c3ccccc3)cs2)c(S(=O)(=O)O)c(-c2ccccc2)c1-c1ccccc1. The van der Waals surface area contributed by atoms with Crippen molar-refractivity contribution in [1.29, 1.82) is 0 Å². The van der Waals surface area contributed by atoms with Crippen molar-refractivity contribution in [2.75, 3.05) is 0 Å². The van der Waals surface area contributed by atoms with Gasteiger partial charge in [0, 0.05) is 16.0 Å². The zero-order valence-electron chi connectivity index (χ0n) is 18.5. The Morgan fingerprint density at radius 3 is 1.68 bits per heavy atom. The van der Waals surface area contributed by atoms with Crippen LogP contribution in [0.25, 0.3) is 43.8 Å². The molecule has 0 unspecified atom stereocenters. The molecule has 168 valence electrons. The summed E-state index contributed by atoms with van der Waals surface area (Å²) in [7, 11) is -4.56. The van der Waals surface area contributed by atoms with Gasteiger partial charge >= 0.3 is 0 Å². The minimum Gasteiger partial charge on any atom is -0.282 e. The summed E-state index contributed by atoms with van der Waals surface area (Å²) in [5, 5.41) is 2.01. The Kier molecular flexibility index (Phi) is 5.92. The van der Waals surface area contributed by atoms with Crippen LogP contribution in [-0.4, -0.2) is 13.0 Å². The van der Waals surface area contributed by atoms with Crippen LogP contribution in [0.5, 0.6) is 0 Å². The Morgan fingerprint density at radius 2 is 1.15 bits per heavy atom. The number of thiophene rings is 1. The molecule has 0 saturated carbocycles. The van der Waals surface area contributed by atoms with Crippen LogP contribution >= 0.6 is 11.3 Å². The van der Waals surface area contributed by atoms with E-state index in [1.165, 1.54) is 11.3 Å². The van der Waals surface area contributed by atoms with Crippen LogP contribution < -0.4 is 0 Å². The van der Waals surface area contributed by atoms with Crippen molar-refractivity contribution in [3.8, 4) is 43.8 Å². The largest absolute Gasteiger partial charge is 0.295 e. The van der Waals surface area contributed by atoms with Crippen LogP contribution in [0.2, 0.25) is 0 Å². The highest BCUT2D eigenvalue weighted by Crippen LogP contribution is 2.46. The van der Waals surface area contributed by atoms with Gasteiger partial charge in [-0.05, 0) is 57.8 Å². The van der Waals surface area contributed by atoms with Gasteiger partial charge in [-0.2, -0.15) is 8.42 Å². The van der Waals surface area contributed by atoms with Crippen LogP contribution in [-0.2, 0) is 10.1 Å². The smallest absolute Gasteiger partial charge is 0.282 e. The standard InChI is InChI=1S/C29H22O3S2/c1-20-17-25(26-18-24(19-33-26)21-11-5-2-6-12-21)29(34(30,31)32)28(23-15-9-4-10-16-23)27(20)22-13-7-3-8-14-22/h2-19H,1H3,(H,30,31,32). The van der Waals surface area contributed by atoms with Crippen LogP contribution in [0.1, 0.15) is 5.56 Å². The lowest BCUT2D eigenvalue weighted by Crippen LogP contribution is -2.06. The lowest BCUT2D eigenvalue weighted by molar-refractivity contribution is 0.484. The second-order valence-corrected chi connectivity index (χ2v) is 10.4. The predicted molar refractivity (Wildman–Crippen MR) is 141 cm³/mol. The van der Waals surface area contributed by atoms with Gasteiger partial charge in [-0.3, -0.25) is 4.55 Å². The summed E-state index contributed by atoms with van der Waals surface area (Å²) in [6, 6.07) is 32.9. The normalized spacial score (nSPS) is 11.5. The highest BCUT2D eigenvalue weighted by molar-refractivity contribution is 7.86. The first-order valence-electron chi connectivity index (χ1n) is 10.8. The Balaban J connectivity index is 1.85. The van der Waals surface area contributed by atoms with Crippen molar-refractivity contribution >= 4 is 21.5 Å². The van der Waals surface area contributed by atoms with E-state index in [0.717, 1.165) is 38.3 Å². The van der Waals surface area contributed by atoms with E-state index >= 15 is 0 Å². The molecule has 3 nitrogen and oxygen atoms in total. The van der Waals surface area contributed by atoms with Gasteiger partial charge in [0.05, 0.1) is 0 Å². The minimum absolute atomic E-state index is 0.0652. The highest BCUT2D eigenvalue weighted by Gasteiger charge is 2.28. The summed E-state index contributed by atoms with van der Waals surface area (Å²) in [4.78, 5) is 0.719. The van der Waals surface area contributed by atoms with Gasteiger partial charge in [-0.15, -0.1) is 11.3 Å². The molecular formula is C29H22O3S2. The first-order chi connectivity index (χ1) is 16.4. The molecule has 0 fully saturated rings. The van der Waals surface area contributed by atoms with E-state index in [1.54, 1.807) is 0 Å². The van der Waals surface area contributed by atoms with Crippen LogP contribution in [0.15, 0.2) is 113 Å². The van der Waals surface area contributed by atoms with Crippen LogP contribution in [0.4, 0.5) is 0 Å². The molecule has 0 aliphatic heterocycles. The van der Waals surface area contributed by atoms with E-state index in [1.807, 2.05) is 115 Å². The van der Waals surface area contributed by atoms with E-state index in [-0.39, 0.29) is 4.90 Å². The third-order valence-corrected chi connectivity index (χ3v) is 7.74. The molecule has 4 aromatic carbocycles. The average Bonchev–Trinajstić information content (AvgIpc) is 3.35. The number of benzene rings is 4. The van der Waals surface area contributed by atoms with E-state index in [0.29, 0.717) is 11.1 Å². The molecule has 1 heterocycles. The maximum Gasteiger partial charge on any atom is 0.295 e. The Hall–Kier alpha value is -3.51. The van der Waals surface area contributed by atoms with E-state index < -0.39 is 10.1 Å². The lowest BCUT2D eigenvalue weighted by atomic mass is 9.88. The first kappa shape index (κ1) is 22.3. The quantitative estimate of drug-likeness (QED) is 0.258. The molecule has 0 amide bonds. The maximum absolute atomic E-state index is 13.0. The van der Waals surface area contributed by atoms with Gasteiger partial charge < -0.3 is 0 Å². The molecule has 5 rings (SSSR count). The van der Waals surface area contributed by atoms with Crippen molar-refractivity contribution in [3.05, 3.63) is 114 Å². The zero-order valence-corrected chi connectivity index (χ0v) is 20.1. The predicted octanol–water partition coefficient (Wildman–Crippen LogP) is 7.97. The number of rotatable bonds is 5. The molecule has 1 N–H and O–H groups in total. The number of aryl methyl sites for hydroxylation is 1. The third-order valence-electron chi connectivity index (χ3n) is 5.83. The molecule has 1 aromatic heterocycles. The van der Waals surface area contributed by atoms with Gasteiger partial charge in [0.1, 0.15) is 4.90 Å². The number of hydrogen-bond acceptors (Lipinski definition) is 3. The molecule has 5 aromatic rings. The summed E-state index contributed by atoms with van der Waals surface area (Å²) < 4.78 is 36.4. The van der Waals surface area contributed by atoms with Crippen LogP contribution in [0.3, 0.4) is 0 Å². The molecule has 34 heavy (non-hydrogen) atoms. The van der Waals surface area contributed by atoms with Crippen molar-refractivity contribution in [2.24, 2.45) is 0 Å². The summed E-state index contributed by atoms with van der Waals surface area (Å²) in [5.41, 5.74) is 6.44. The van der Waals surface area contributed by atoms with Crippen molar-refractivity contribution in [3.63, 3.8) is 0 Å². The Morgan fingerprint density at radius 1 is 0.647 bits per heavy atom. The summed E-state index contributed by atoms with van der Waals surface area (Å²) in [6.07, 6.45) is 0. The monoisotopic (exact) mass is 482 g/mol. The second kappa shape index (κ2) is 9.03. The molecule has 0 aliphatic carbocycles.